The van der Waals surface area contributed by atoms with Crippen molar-refractivity contribution in [2.24, 2.45) is 11.8 Å². The number of halogens is 2. The van der Waals surface area contributed by atoms with Crippen LogP contribution in [0.15, 0.2) is 53.0 Å². The van der Waals surface area contributed by atoms with Crippen LogP contribution in [-0.2, 0) is 16.1 Å². The number of hydrazine groups is 2. The Labute approximate surface area is 194 Å². The van der Waals surface area contributed by atoms with Crippen LogP contribution >= 0.6 is 15.9 Å². The second-order valence-electron chi connectivity index (χ2n) is 8.68. The molecule has 2 heterocycles. The molecule has 0 radical (unpaired) electrons. The van der Waals surface area contributed by atoms with Crippen LogP contribution in [0.3, 0.4) is 0 Å². The molecular formula is C23H25BrFN5O2. The van der Waals surface area contributed by atoms with E-state index in [2.05, 4.69) is 37.5 Å². The largest absolute Gasteiger partial charge is 0.352 e. The number of nitrogens with zero attached hydrogens (tertiary/aromatic N) is 1. The number of fused-ring (bicyclic) bond motifs is 3. The highest BCUT2D eigenvalue weighted by Crippen LogP contribution is 2.38. The fourth-order valence-electron chi connectivity index (χ4n) is 5.05. The van der Waals surface area contributed by atoms with Gasteiger partial charge < -0.3 is 10.6 Å². The van der Waals surface area contributed by atoms with Crippen molar-refractivity contribution in [3.8, 4) is 0 Å². The SMILES string of the molecule is O=C(NCc1ccc(Br)cc1)C1CCC2C(=O)NC3C(c4cccc(F)c4)NNN3C2C1. The number of hydrogen-bond acceptors (Lipinski definition) is 5. The molecule has 32 heavy (non-hydrogen) atoms. The molecule has 3 fully saturated rings. The Morgan fingerprint density at radius 3 is 2.78 bits per heavy atom. The van der Waals surface area contributed by atoms with E-state index in [1.54, 1.807) is 6.07 Å². The predicted octanol–water partition coefficient (Wildman–Crippen LogP) is 2.51. The maximum Gasteiger partial charge on any atom is 0.226 e. The van der Waals surface area contributed by atoms with Gasteiger partial charge >= 0.3 is 0 Å². The molecule has 2 aromatic rings. The number of rotatable bonds is 4. The van der Waals surface area contributed by atoms with Crippen molar-refractivity contribution in [3.05, 3.63) is 69.9 Å². The molecular weight excluding hydrogens is 477 g/mol. The van der Waals surface area contributed by atoms with Crippen molar-refractivity contribution in [2.75, 3.05) is 0 Å². The molecule has 0 spiro atoms. The average Bonchev–Trinajstić information content (AvgIpc) is 3.22. The molecule has 5 rings (SSSR count). The zero-order valence-electron chi connectivity index (χ0n) is 17.4. The van der Waals surface area contributed by atoms with Gasteiger partial charge in [-0.3, -0.25) is 9.59 Å². The summed E-state index contributed by atoms with van der Waals surface area (Å²) in [6, 6.07) is 13.8. The molecule has 1 aliphatic carbocycles. The molecule has 3 aliphatic rings. The summed E-state index contributed by atoms with van der Waals surface area (Å²) in [6.07, 6.45) is 1.57. The van der Waals surface area contributed by atoms with E-state index < -0.39 is 0 Å². The Morgan fingerprint density at radius 2 is 2.00 bits per heavy atom. The number of benzene rings is 2. The van der Waals surface area contributed by atoms with Gasteiger partial charge in [0.1, 0.15) is 12.0 Å². The number of carbonyl (C=O) groups excluding carboxylic acids is 2. The van der Waals surface area contributed by atoms with Gasteiger partial charge in [0, 0.05) is 23.0 Å². The average molecular weight is 502 g/mol. The van der Waals surface area contributed by atoms with E-state index in [1.165, 1.54) is 12.1 Å². The van der Waals surface area contributed by atoms with Crippen LogP contribution in [0, 0.1) is 17.7 Å². The van der Waals surface area contributed by atoms with Gasteiger partial charge in [0.15, 0.2) is 0 Å². The van der Waals surface area contributed by atoms with Crippen molar-refractivity contribution < 1.29 is 14.0 Å². The maximum atomic E-state index is 13.7. The highest BCUT2D eigenvalue weighted by Gasteiger charge is 2.51. The molecule has 2 aliphatic heterocycles. The summed E-state index contributed by atoms with van der Waals surface area (Å²) in [5.74, 6) is -0.641. The molecule has 5 atom stereocenters. The molecule has 4 N–H and O–H groups in total. The molecule has 2 aromatic carbocycles. The third kappa shape index (κ3) is 4.17. The number of hydrogen-bond donors (Lipinski definition) is 4. The van der Waals surface area contributed by atoms with Crippen LogP contribution in [0.4, 0.5) is 4.39 Å². The van der Waals surface area contributed by atoms with Gasteiger partial charge in [0.25, 0.3) is 0 Å². The molecule has 2 saturated heterocycles. The van der Waals surface area contributed by atoms with Crippen molar-refractivity contribution in [3.63, 3.8) is 0 Å². The molecule has 9 heteroatoms. The van der Waals surface area contributed by atoms with Crippen LogP contribution in [0.2, 0.25) is 0 Å². The van der Waals surface area contributed by atoms with E-state index in [1.807, 2.05) is 35.3 Å². The lowest BCUT2D eigenvalue weighted by Gasteiger charge is -2.46. The molecule has 0 bridgehead atoms. The molecule has 168 valence electrons. The summed E-state index contributed by atoms with van der Waals surface area (Å²) >= 11 is 3.42. The number of amides is 2. The first-order valence-electron chi connectivity index (χ1n) is 10.9. The quantitative estimate of drug-likeness (QED) is 0.517. The third-order valence-electron chi connectivity index (χ3n) is 6.72. The topological polar surface area (TPSA) is 85.5 Å². The lowest BCUT2D eigenvalue weighted by atomic mass is 9.75. The van der Waals surface area contributed by atoms with E-state index in [-0.39, 0.29) is 47.7 Å². The molecule has 5 unspecified atom stereocenters. The highest BCUT2D eigenvalue weighted by molar-refractivity contribution is 9.10. The molecule has 7 nitrogen and oxygen atoms in total. The van der Waals surface area contributed by atoms with E-state index in [9.17, 15) is 14.0 Å². The summed E-state index contributed by atoms with van der Waals surface area (Å²) < 4.78 is 14.7. The standard InChI is InChI=1S/C23H25BrFN5O2/c24-16-7-4-13(5-8-16)12-26-22(31)15-6-9-18-19(11-15)30-21(27-23(18)32)20(28-29-30)14-2-1-3-17(25)10-14/h1-5,7-8,10,15,18-21,28-29H,6,9,11-12H2,(H,26,31)(H,27,32). The number of nitrogens with one attached hydrogen (secondary N) is 4. The van der Waals surface area contributed by atoms with Crippen molar-refractivity contribution in [2.45, 2.75) is 44.1 Å². The fraction of sp³-hybridized carbons (Fsp3) is 0.391. The zero-order chi connectivity index (χ0) is 22.2. The maximum absolute atomic E-state index is 13.7. The second-order valence-corrected chi connectivity index (χ2v) is 9.59. The normalized spacial score (nSPS) is 29.7. The first-order valence-corrected chi connectivity index (χ1v) is 11.7. The zero-order valence-corrected chi connectivity index (χ0v) is 18.9. The first-order chi connectivity index (χ1) is 15.5. The Bertz CT molecular complexity index is 1020. The van der Waals surface area contributed by atoms with Gasteiger partial charge in [-0.2, -0.15) is 5.53 Å². The van der Waals surface area contributed by atoms with Crippen molar-refractivity contribution in [1.82, 2.24) is 26.6 Å². The van der Waals surface area contributed by atoms with Gasteiger partial charge in [-0.25, -0.2) is 14.8 Å². The fourth-order valence-corrected chi connectivity index (χ4v) is 5.31. The van der Waals surface area contributed by atoms with Crippen molar-refractivity contribution in [1.29, 1.82) is 0 Å². The summed E-state index contributed by atoms with van der Waals surface area (Å²) in [5.41, 5.74) is 8.15. The summed E-state index contributed by atoms with van der Waals surface area (Å²) in [5, 5.41) is 8.12. The van der Waals surface area contributed by atoms with Gasteiger partial charge in [-0.05, 0) is 54.7 Å². The predicted molar refractivity (Wildman–Crippen MR) is 120 cm³/mol. The molecule has 1 saturated carbocycles. The van der Waals surface area contributed by atoms with Crippen LogP contribution in [0.25, 0.3) is 0 Å². The summed E-state index contributed by atoms with van der Waals surface area (Å²) in [4.78, 5) is 25.8. The van der Waals surface area contributed by atoms with Gasteiger partial charge in [-0.15, -0.1) is 0 Å². The van der Waals surface area contributed by atoms with E-state index in [4.69, 9.17) is 0 Å². The minimum absolute atomic E-state index is 0.00289. The minimum Gasteiger partial charge on any atom is -0.352 e. The smallest absolute Gasteiger partial charge is 0.226 e. The van der Waals surface area contributed by atoms with Crippen LogP contribution in [0.5, 0.6) is 0 Å². The Hall–Kier alpha value is -2.33. The van der Waals surface area contributed by atoms with E-state index in [0.717, 1.165) is 15.6 Å². The first kappa shape index (κ1) is 21.5. The Morgan fingerprint density at radius 1 is 1.19 bits per heavy atom. The summed E-state index contributed by atoms with van der Waals surface area (Å²) in [6.45, 7) is 0.477. The lowest BCUT2D eigenvalue weighted by molar-refractivity contribution is -0.143. The molecule has 0 aromatic heterocycles. The highest BCUT2D eigenvalue weighted by atomic mass is 79.9. The Kier molecular flexibility index (Phi) is 5.98. The Balaban J connectivity index is 1.27. The van der Waals surface area contributed by atoms with Crippen molar-refractivity contribution >= 4 is 27.7 Å². The van der Waals surface area contributed by atoms with Crippen LogP contribution < -0.4 is 21.6 Å². The van der Waals surface area contributed by atoms with Gasteiger partial charge in [0.05, 0.1) is 12.0 Å². The third-order valence-corrected chi connectivity index (χ3v) is 7.25. The minimum atomic E-state index is -0.352. The van der Waals surface area contributed by atoms with E-state index in [0.29, 0.717) is 25.8 Å². The van der Waals surface area contributed by atoms with Crippen LogP contribution in [0.1, 0.15) is 36.4 Å². The number of carbonyl (C=O) groups is 2. The lowest BCUT2D eigenvalue weighted by Crippen LogP contribution is -2.65. The van der Waals surface area contributed by atoms with Crippen LogP contribution in [-0.4, -0.2) is 29.0 Å². The van der Waals surface area contributed by atoms with Gasteiger partial charge in [0.2, 0.25) is 11.8 Å². The molecule has 2 amide bonds. The summed E-state index contributed by atoms with van der Waals surface area (Å²) in [7, 11) is 0. The monoisotopic (exact) mass is 501 g/mol. The van der Waals surface area contributed by atoms with Gasteiger partial charge in [-0.1, -0.05) is 40.2 Å². The van der Waals surface area contributed by atoms with E-state index >= 15 is 0 Å². The second kappa shape index (κ2) is 8.90.